The summed E-state index contributed by atoms with van der Waals surface area (Å²) in [6.45, 7) is 7.53. The lowest BCUT2D eigenvalue weighted by Crippen LogP contribution is -2.15. The van der Waals surface area contributed by atoms with Crippen molar-refractivity contribution in [2.45, 2.75) is 19.3 Å². The standard InChI is InChI=1S/C21H20O6/c1-5-21(2,3)15-9-13(18(24)19(25)20(15)26-4)14-10-27-16-8-11(22)6-7-12(16)17(14)23/h5-10,22,24-25H,1H2,2-4H3. The third kappa shape index (κ3) is 2.89. The number of allylic oxidation sites excluding steroid dienone is 1. The van der Waals surface area contributed by atoms with Crippen molar-refractivity contribution in [3.05, 3.63) is 59.0 Å². The first-order valence-electron chi connectivity index (χ1n) is 8.23. The van der Waals surface area contributed by atoms with Crippen molar-refractivity contribution in [3.63, 3.8) is 0 Å². The largest absolute Gasteiger partial charge is 0.508 e. The van der Waals surface area contributed by atoms with Gasteiger partial charge in [-0.25, -0.2) is 0 Å². The van der Waals surface area contributed by atoms with E-state index >= 15 is 0 Å². The van der Waals surface area contributed by atoms with Gasteiger partial charge in [0.2, 0.25) is 11.2 Å². The number of hydrogen-bond donors (Lipinski definition) is 3. The van der Waals surface area contributed by atoms with E-state index in [1.807, 2.05) is 13.8 Å². The van der Waals surface area contributed by atoms with Gasteiger partial charge in [0.1, 0.15) is 17.6 Å². The van der Waals surface area contributed by atoms with Crippen LogP contribution in [0.5, 0.6) is 23.0 Å². The smallest absolute Gasteiger partial charge is 0.201 e. The Labute approximate surface area is 155 Å². The first kappa shape index (κ1) is 18.4. The highest BCUT2D eigenvalue weighted by molar-refractivity contribution is 5.85. The number of phenolic OH excluding ortho intramolecular Hbond substituents is 3. The molecule has 0 unspecified atom stereocenters. The van der Waals surface area contributed by atoms with Gasteiger partial charge in [-0.2, -0.15) is 0 Å². The van der Waals surface area contributed by atoms with Crippen LogP contribution in [0, 0.1) is 0 Å². The van der Waals surface area contributed by atoms with E-state index in [0.29, 0.717) is 5.56 Å². The zero-order chi connectivity index (χ0) is 19.9. The molecular weight excluding hydrogens is 348 g/mol. The molecule has 140 valence electrons. The molecule has 6 heteroatoms. The summed E-state index contributed by atoms with van der Waals surface area (Å²) in [6.07, 6.45) is 2.87. The summed E-state index contributed by atoms with van der Waals surface area (Å²) in [7, 11) is 1.38. The number of aromatic hydroxyl groups is 3. The zero-order valence-corrected chi connectivity index (χ0v) is 15.2. The van der Waals surface area contributed by atoms with Crippen molar-refractivity contribution in [2.75, 3.05) is 7.11 Å². The van der Waals surface area contributed by atoms with Crippen LogP contribution < -0.4 is 10.2 Å². The van der Waals surface area contributed by atoms with Crippen molar-refractivity contribution < 1.29 is 24.5 Å². The molecule has 0 saturated carbocycles. The molecule has 0 spiro atoms. The minimum atomic E-state index is -0.603. The van der Waals surface area contributed by atoms with Gasteiger partial charge >= 0.3 is 0 Å². The quantitative estimate of drug-likeness (QED) is 0.474. The summed E-state index contributed by atoms with van der Waals surface area (Å²) in [6, 6.07) is 5.72. The Morgan fingerprint density at radius 1 is 1.11 bits per heavy atom. The van der Waals surface area contributed by atoms with Gasteiger partial charge in [0.15, 0.2) is 11.5 Å². The highest BCUT2D eigenvalue weighted by Gasteiger charge is 2.28. The summed E-state index contributed by atoms with van der Waals surface area (Å²) < 4.78 is 10.7. The Morgan fingerprint density at radius 2 is 1.81 bits per heavy atom. The Balaban J connectivity index is 2.37. The minimum absolute atomic E-state index is 0.0293. The predicted octanol–water partition coefficient (Wildman–Crippen LogP) is 4.05. The molecule has 3 aromatic rings. The summed E-state index contributed by atoms with van der Waals surface area (Å²) in [5, 5.41) is 30.7. The molecule has 1 heterocycles. The topological polar surface area (TPSA) is 100 Å². The Bertz CT molecular complexity index is 1110. The average molecular weight is 368 g/mol. The second kappa shape index (κ2) is 6.39. The molecule has 3 rings (SSSR count). The van der Waals surface area contributed by atoms with Crippen LogP contribution in [0.2, 0.25) is 0 Å². The molecule has 0 aliphatic heterocycles. The Morgan fingerprint density at radius 3 is 2.44 bits per heavy atom. The molecule has 0 atom stereocenters. The van der Waals surface area contributed by atoms with E-state index in [1.54, 1.807) is 12.1 Å². The maximum absolute atomic E-state index is 12.9. The first-order chi connectivity index (χ1) is 12.7. The van der Waals surface area contributed by atoms with Crippen LogP contribution in [-0.2, 0) is 5.41 Å². The number of methoxy groups -OCH3 is 1. The maximum atomic E-state index is 12.9. The van der Waals surface area contributed by atoms with E-state index in [0.717, 1.165) is 0 Å². The molecule has 0 saturated heterocycles. The number of phenols is 3. The van der Waals surface area contributed by atoms with Crippen LogP contribution in [0.15, 0.2) is 52.4 Å². The van der Waals surface area contributed by atoms with Gasteiger partial charge in [-0.1, -0.05) is 19.9 Å². The Hall–Kier alpha value is -3.41. The number of ether oxygens (including phenoxy) is 1. The van der Waals surface area contributed by atoms with Gasteiger partial charge in [0.25, 0.3) is 0 Å². The minimum Gasteiger partial charge on any atom is -0.508 e. The molecule has 0 aliphatic carbocycles. The van der Waals surface area contributed by atoms with E-state index < -0.39 is 22.3 Å². The van der Waals surface area contributed by atoms with E-state index in [9.17, 15) is 20.1 Å². The normalized spacial score (nSPS) is 11.5. The van der Waals surface area contributed by atoms with Crippen LogP contribution in [0.4, 0.5) is 0 Å². The Kier molecular flexibility index (Phi) is 4.35. The number of benzene rings is 2. The van der Waals surface area contributed by atoms with E-state index in [-0.39, 0.29) is 33.6 Å². The van der Waals surface area contributed by atoms with Crippen LogP contribution in [0.1, 0.15) is 19.4 Å². The van der Waals surface area contributed by atoms with Crippen molar-refractivity contribution in [1.82, 2.24) is 0 Å². The molecule has 2 aromatic carbocycles. The average Bonchev–Trinajstić information content (AvgIpc) is 2.64. The molecular formula is C21H20O6. The van der Waals surface area contributed by atoms with E-state index in [2.05, 4.69) is 6.58 Å². The molecule has 27 heavy (non-hydrogen) atoms. The van der Waals surface area contributed by atoms with Gasteiger partial charge in [-0.15, -0.1) is 6.58 Å². The van der Waals surface area contributed by atoms with Gasteiger partial charge in [-0.05, 0) is 18.2 Å². The maximum Gasteiger partial charge on any atom is 0.201 e. The predicted molar refractivity (Wildman–Crippen MR) is 103 cm³/mol. The number of fused-ring (bicyclic) bond motifs is 1. The highest BCUT2D eigenvalue weighted by atomic mass is 16.5. The molecule has 0 amide bonds. The molecule has 3 N–H and O–H groups in total. The molecule has 6 nitrogen and oxygen atoms in total. The van der Waals surface area contributed by atoms with Crippen LogP contribution in [0.3, 0.4) is 0 Å². The molecule has 0 bridgehead atoms. The fourth-order valence-electron chi connectivity index (χ4n) is 2.94. The van der Waals surface area contributed by atoms with Crippen molar-refractivity contribution in [1.29, 1.82) is 0 Å². The summed E-state index contributed by atoms with van der Waals surface area (Å²) in [5.41, 5.74) is -0.0537. The zero-order valence-electron chi connectivity index (χ0n) is 15.2. The fraction of sp³-hybridized carbons (Fsp3) is 0.190. The second-order valence-corrected chi connectivity index (χ2v) is 6.79. The van der Waals surface area contributed by atoms with E-state index in [1.165, 1.54) is 31.6 Å². The molecule has 0 radical (unpaired) electrons. The lowest BCUT2D eigenvalue weighted by Gasteiger charge is -2.25. The van der Waals surface area contributed by atoms with Crippen molar-refractivity contribution in [2.24, 2.45) is 0 Å². The van der Waals surface area contributed by atoms with Gasteiger partial charge in [0.05, 0.1) is 18.1 Å². The van der Waals surface area contributed by atoms with Gasteiger partial charge < -0.3 is 24.5 Å². The van der Waals surface area contributed by atoms with Crippen molar-refractivity contribution in [3.8, 4) is 34.1 Å². The monoisotopic (exact) mass is 368 g/mol. The summed E-state index contributed by atoms with van der Waals surface area (Å²) in [5.74, 6) is -0.874. The lowest BCUT2D eigenvalue weighted by molar-refractivity contribution is 0.344. The lowest BCUT2D eigenvalue weighted by atomic mass is 9.82. The van der Waals surface area contributed by atoms with Gasteiger partial charge in [0, 0.05) is 22.6 Å². The summed E-state index contributed by atoms with van der Waals surface area (Å²) in [4.78, 5) is 12.9. The molecule has 0 fully saturated rings. The molecule has 1 aromatic heterocycles. The first-order valence-corrected chi connectivity index (χ1v) is 8.23. The number of hydrogen-bond acceptors (Lipinski definition) is 6. The van der Waals surface area contributed by atoms with Gasteiger partial charge in [-0.3, -0.25) is 4.79 Å². The third-order valence-electron chi connectivity index (χ3n) is 4.68. The van der Waals surface area contributed by atoms with Crippen LogP contribution >= 0.6 is 0 Å². The van der Waals surface area contributed by atoms with Crippen molar-refractivity contribution >= 4 is 11.0 Å². The SMILES string of the molecule is C=CC(C)(C)c1cc(-c2coc3cc(O)ccc3c2=O)c(O)c(O)c1OC. The summed E-state index contributed by atoms with van der Waals surface area (Å²) >= 11 is 0. The molecule has 0 aliphatic rings. The van der Waals surface area contributed by atoms with E-state index in [4.69, 9.17) is 9.15 Å². The van der Waals surface area contributed by atoms with Crippen LogP contribution in [0.25, 0.3) is 22.1 Å². The van der Waals surface area contributed by atoms with Crippen LogP contribution in [-0.4, -0.2) is 22.4 Å². The fourth-order valence-corrected chi connectivity index (χ4v) is 2.94. The highest BCUT2D eigenvalue weighted by Crippen LogP contribution is 2.48. The second-order valence-electron chi connectivity index (χ2n) is 6.79. The third-order valence-corrected chi connectivity index (χ3v) is 4.68. The number of rotatable bonds is 4.